The van der Waals surface area contributed by atoms with Gasteiger partial charge in [-0.05, 0) is 32.0 Å². The zero-order valence-corrected chi connectivity index (χ0v) is 10.4. The largest absolute Gasteiger partial charge is 0.488 e. The fraction of sp³-hybridized carbons (Fsp3) is 0.231. The van der Waals surface area contributed by atoms with E-state index in [4.69, 9.17) is 14.4 Å². The molecule has 0 bridgehead atoms. The van der Waals surface area contributed by atoms with Gasteiger partial charge in [-0.25, -0.2) is 9.18 Å². The Morgan fingerprint density at radius 3 is 2.79 bits per heavy atom. The fourth-order valence-electron chi connectivity index (χ4n) is 1.65. The highest BCUT2D eigenvalue weighted by atomic mass is 19.1. The summed E-state index contributed by atoms with van der Waals surface area (Å²) in [5.41, 5.74) is 1.21. The number of benzene rings is 1. The molecule has 1 heterocycles. The van der Waals surface area contributed by atoms with E-state index < -0.39 is 11.8 Å². The van der Waals surface area contributed by atoms with Gasteiger partial charge in [0.05, 0.1) is 11.3 Å². The first-order valence-corrected chi connectivity index (χ1v) is 5.56. The second kappa shape index (κ2) is 5.09. The fourth-order valence-corrected chi connectivity index (χ4v) is 1.65. The van der Waals surface area contributed by atoms with Gasteiger partial charge in [-0.2, -0.15) is 0 Å². The Balaban J connectivity index is 2.23. The zero-order valence-electron chi connectivity index (χ0n) is 10.4. The molecule has 0 saturated heterocycles. The monoisotopic (exact) mass is 265 g/mol. The van der Waals surface area contributed by atoms with Crippen LogP contribution in [-0.2, 0) is 6.61 Å². The minimum atomic E-state index is -1.24. The molecule has 0 saturated carbocycles. The molecule has 0 aliphatic rings. The van der Waals surface area contributed by atoms with Crippen LogP contribution in [0, 0.1) is 19.7 Å². The molecule has 1 aromatic heterocycles. The third-order valence-electron chi connectivity index (χ3n) is 2.73. The van der Waals surface area contributed by atoms with Gasteiger partial charge in [0.1, 0.15) is 29.5 Å². The van der Waals surface area contributed by atoms with Crippen molar-refractivity contribution in [3.05, 3.63) is 46.6 Å². The summed E-state index contributed by atoms with van der Waals surface area (Å²) >= 11 is 0. The average Bonchev–Trinajstić information content (AvgIpc) is 2.68. The normalized spacial score (nSPS) is 10.5. The number of carbonyl (C=O) groups is 1. The van der Waals surface area contributed by atoms with Gasteiger partial charge in [-0.1, -0.05) is 5.16 Å². The van der Waals surface area contributed by atoms with Crippen LogP contribution in [0.3, 0.4) is 0 Å². The molecule has 0 atom stereocenters. The molecule has 0 radical (unpaired) electrons. The predicted octanol–water partition coefficient (Wildman–Crippen LogP) is 2.71. The number of ether oxygens (including phenoxy) is 1. The summed E-state index contributed by atoms with van der Waals surface area (Å²) in [5.74, 6) is -1.15. The summed E-state index contributed by atoms with van der Waals surface area (Å²) < 4.78 is 23.4. The Hall–Kier alpha value is -2.37. The molecule has 0 amide bonds. The van der Waals surface area contributed by atoms with Crippen molar-refractivity contribution in [2.45, 2.75) is 20.5 Å². The van der Waals surface area contributed by atoms with Gasteiger partial charge in [-0.3, -0.25) is 0 Å². The average molecular weight is 265 g/mol. The van der Waals surface area contributed by atoms with Gasteiger partial charge >= 0.3 is 5.97 Å². The highest BCUT2D eigenvalue weighted by Crippen LogP contribution is 2.22. The van der Waals surface area contributed by atoms with E-state index in [1.807, 2.05) is 0 Å². The van der Waals surface area contributed by atoms with Gasteiger partial charge < -0.3 is 14.4 Å². The van der Waals surface area contributed by atoms with Crippen molar-refractivity contribution in [1.82, 2.24) is 5.16 Å². The number of carboxylic acid groups (broad SMARTS) is 1. The highest BCUT2D eigenvalue weighted by molar-refractivity contribution is 5.90. The maximum Gasteiger partial charge on any atom is 0.339 e. The van der Waals surface area contributed by atoms with Crippen LogP contribution in [0.5, 0.6) is 5.75 Å². The quantitative estimate of drug-likeness (QED) is 0.920. The van der Waals surface area contributed by atoms with Crippen LogP contribution in [0.25, 0.3) is 0 Å². The van der Waals surface area contributed by atoms with E-state index in [0.29, 0.717) is 11.5 Å². The summed E-state index contributed by atoms with van der Waals surface area (Å²) in [6.45, 7) is 3.62. The lowest BCUT2D eigenvalue weighted by Gasteiger charge is -2.08. The van der Waals surface area contributed by atoms with Crippen molar-refractivity contribution in [2.24, 2.45) is 0 Å². The molecule has 0 unspecified atom stereocenters. The smallest absolute Gasteiger partial charge is 0.339 e. The summed E-state index contributed by atoms with van der Waals surface area (Å²) in [6, 6.07) is 3.36. The molecular weight excluding hydrogens is 253 g/mol. The van der Waals surface area contributed by atoms with E-state index in [1.54, 1.807) is 13.8 Å². The molecule has 0 aliphatic heterocycles. The van der Waals surface area contributed by atoms with Crippen LogP contribution in [0.4, 0.5) is 4.39 Å². The number of aromatic nitrogens is 1. The molecular formula is C13H12FNO4. The maximum absolute atomic E-state index is 13.0. The number of nitrogens with zero attached hydrogens (tertiary/aromatic N) is 1. The summed E-state index contributed by atoms with van der Waals surface area (Å²) in [6.07, 6.45) is 0. The number of carboxylic acids is 1. The topological polar surface area (TPSA) is 72.6 Å². The van der Waals surface area contributed by atoms with Gasteiger partial charge in [0.15, 0.2) is 0 Å². The lowest BCUT2D eigenvalue weighted by molar-refractivity contribution is 0.0691. The van der Waals surface area contributed by atoms with Crippen molar-refractivity contribution in [3.8, 4) is 5.75 Å². The van der Waals surface area contributed by atoms with Crippen molar-refractivity contribution < 1.29 is 23.6 Å². The lowest BCUT2D eigenvalue weighted by atomic mass is 10.2. The Bertz CT molecular complexity index is 602. The molecule has 100 valence electrons. The van der Waals surface area contributed by atoms with Gasteiger partial charge in [-0.15, -0.1) is 0 Å². The predicted molar refractivity (Wildman–Crippen MR) is 63.7 cm³/mol. The van der Waals surface area contributed by atoms with Crippen LogP contribution in [-0.4, -0.2) is 16.2 Å². The standard InChI is InChI=1S/C13H12FNO4/c1-7-11(8(2)19-15-7)6-18-12-4-3-9(14)5-10(12)13(16)17/h3-5H,6H2,1-2H3,(H,16,17). The Kier molecular flexibility index (Phi) is 3.50. The molecule has 2 rings (SSSR count). The molecule has 2 aromatic rings. The molecule has 0 spiro atoms. The molecule has 5 nitrogen and oxygen atoms in total. The van der Waals surface area contributed by atoms with Crippen LogP contribution in [0.15, 0.2) is 22.7 Å². The SMILES string of the molecule is Cc1noc(C)c1COc1ccc(F)cc1C(=O)O. The van der Waals surface area contributed by atoms with Crippen molar-refractivity contribution in [1.29, 1.82) is 0 Å². The van der Waals surface area contributed by atoms with Gasteiger partial charge in [0.2, 0.25) is 0 Å². The number of aryl methyl sites for hydroxylation is 2. The number of rotatable bonds is 4. The van der Waals surface area contributed by atoms with E-state index in [9.17, 15) is 9.18 Å². The first kappa shape index (κ1) is 13.1. The van der Waals surface area contributed by atoms with E-state index >= 15 is 0 Å². The van der Waals surface area contributed by atoms with E-state index in [2.05, 4.69) is 5.16 Å². The third-order valence-corrected chi connectivity index (χ3v) is 2.73. The molecule has 0 fully saturated rings. The molecule has 1 N–H and O–H groups in total. The maximum atomic E-state index is 13.0. The van der Waals surface area contributed by atoms with Crippen LogP contribution in [0.1, 0.15) is 27.4 Å². The van der Waals surface area contributed by atoms with E-state index in [-0.39, 0.29) is 17.9 Å². The number of aromatic carboxylic acids is 1. The summed E-state index contributed by atoms with van der Waals surface area (Å²) in [5, 5.41) is 12.7. The lowest BCUT2D eigenvalue weighted by Crippen LogP contribution is -2.05. The van der Waals surface area contributed by atoms with Crippen LogP contribution >= 0.6 is 0 Å². The van der Waals surface area contributed by atoms with Gasteiger partial charge in [0, 0.05) is 0 Å². The summed E-state index contributed by atoms with van der Waals surface area (Å²) in [4.78, 5) is 11.0. The molecule has 0 aliphatic carbocycles. The summed E-state index contributed by atoms with van der Waals surface area (Å²) in [7, 11) is 0. The minimum absolute atomic E-state index is 0.105. The number of hydrogen-bond donors (Lipinski definition) is 1. The van der Waals surface area contributed by atoms with Crippen molar-refractivity contribution in [2.75, 3.05) is 0 Å². The van der Waals surface area contributed by atoms with Crippen LogP contribution in [0.2, 0.25) is 0 Å². The first-order chi connectivity index (χ1) is 8.99. The first-order valence-electron chi connectivity index (χ1n) is 5.56. The number of halogens is 1. The molecule has 1 aromatic carbocycles. The molecule has 6 heteroatoms. The highest BCUT2D eigenvalue weighted by Gasteiger charge is 2.15. The Labute approximate surface area is 108 Å². The van der Waals surface area contributed by atoms with Crippen molar-refractivity contribution >= 4 is 5.97 Å². The Morgan fingerprint density at radius 2 is 2.21 bits per heavy atom. The van der Waals surface area contributed by atoms with E-state index in [1.165, 1.54) is 6.07 Å². The van der Waals surface area contributed by atoms with Crippen molar-refractivity contribution in [3.63, 3.8) is 0 Å². The molecule has 19 heavy (non-hydrogen) atoms. The Morgan fingerprint density at radius 1 is 1.47 bits per heavy atom. The number of hydrogen-bond acceptors (Lipinski definition) is 4. The van der Waals surface area contributed by atoms with E-state index in [0.717, 1.165) is 17.7 Å². The second-order valence-corrected chi connectivity index (χ2v) is 4.04. The zero-order chi connectivity index (χ0) is 14.0. The minimum Gasteiger partial charge on any atom is -0.488 e. The second-order valence-electron chi connectivity index (χ2n) is 4.04. The van der Waals surface area contributed by atoms with Crippen LogP contribution < -0.4 is 4.74 Å². The van der Waals surface area contributed by atoms with Gasteiger partial charge in [0.25, 0.3) is 0 Å². The third kappa shape index (κ3) is 2.73.